The van der Waals surface area contributed by atoms with Gasteiger partial charge in [-0.05, 0) is 11.1 Å². The first-order valence-corrected chi connectivity index (χ1v) is 10.5. The average Bonchev–Trinajstić information content (AvgIpc) is 2.46. The maximum Gasteiger partial charge on any atom is 0.221 e. The molecule has 2 rings (SSSR count). The minimum absolute atomic E-state index is 0.000135. The number of carbonyl (C=O) groups excluding carboxylic acids is 1. The van der Waals surface area contributed by atoms with E-state index in [0.29, 0.717) is 13.0 Å². The van der Waals surface area contributed by atoms with Crippen LogP contribution >= 0.6 is 11.8 Å². The van der Waals surface area contributed by atoms with Crippen LogP contribution < -0.4 is 10.6 Å². The zero-order chi connectivity index (χ0) is 16.0. The molecule has 1 aliphatic rings. The number of rotatable bonds is 6. The Kier molecular flexibility index (Phi) is 6.28. The summed E-state index contributed by atoms with van der Waals surface area (Å²) >= 11 is 1.86. The van der Waals surface area contributed by atoms with E-state index in [0.717, 1.165) is 29.2 Å². The van der Waals surface area contributed by atoms with Gasteiger partial charge in [-0.3, -0.25) is 4.79 Å². The van der Waals surface area contributed by atoms with Gasteiger partial charge in [-0.2, -0.15) is 11.8 Å². The summed E-state index contributed by atoms with van der Waals surface area (Å²) in [4.78, 5) is 12.0. The Labute approximate surface area is 136 Å². The first-order valence-electron chi connectivity index (χ1n) is 7.26. The molecule has 1 heterocycles. The van der Waals surface area contributed by atoms with E-state index in [9.17, 15) is 13.2 Å². The second kappa shape index (κ2) is 7.99. The van der Waals surface area contributed by atoms with Crippen LogP contribution in [0.3, 0.4) is 0 Å². The number of carbonyl (C=O) groups is 1. The fraction of sp³-hybridized carbons (Fsp3) is 0.533. The van der Waals surface area contributed by atoms with E-state index in [1.165, 1.54) is 6.26 Å². The Morgan fingerprint density at radius 2 is 2.09 bits per heavy atom. The number of sulfone groups is 1. The van der Waals surface area contributed by atoms with E-state index in [4.69, 9.17) is 0 Å². The zero-order valence-corrected chi connectivity index (χ0v) is 14.3. The van der Waals surface area contributed by atoms with E-state index in [1.54, 1.807) is 6.07 Å². The minimum Gasteiger partial charge on any atom is -0.352 e. The predicted molar refractivity (Wildman–Crippen MR) is 90.6 cm³/mol. The third kappa shape index (κ3) is 5.98. The normalized spacial score (nSPS) is 18.9. The zero-order valence-electron chi connectivity index (χ0n) is 12.7. The molecule has 0 aliphatic carbocycles. The lowest BCUT2D eigenvalue weighted by molar-refractivity contribution is -0.121. The summed E-state index contributed by atoms with van der Waals surface area (Å²) in [6.07, 6.45) is 1.68. The van der Waals surface area contributed by atoms with Crippen LogP contribution in [-0.4, -0.2) is 44.7 Å². The molecular weight excluding hydrogens is 320 g/mol. The lowest BCUT2D eigenvalue weighted by Gasteiger charge is -2.22. The monoisotopic (exact) mass is 342 g/mol. The highest BCUT2D eigenvalue weighted by Gasteiger charge is 2.17. The maximum absolute atomic E-state index is 12.0. The van der Waals surface area contributed by atoms with Crippen LogP contribution in [0.25, 0.3) is 0 Å². The minimum atomic E-state index is -3.09. The van der Waals surface area contributed by atoms with E-state index in [2.05, 4.69) is 10.6 Å². The van der Waals surface area contributed by atoms with Gasteiger partial charge in [0.05, 0.1) is 5.75 Å². The fourth-order valence-electron chi connectivity index (χ4n) is 2.39. The highest BCUT2D eigenvalue weighted by atomic mass is 32.2. The molecule has 1 aliphatic heterocycles. The standard InChI is InChI=1S/C15H22N2O3S2/c1-22(19,20)11-13-5-3-2-4-12(13)9-17-15(18)8-14-10-21-7-6-16-14/h2-5,14,16H,6-11H2,1H3,(H,17,18). The number of nitrogens with one attached hydrogen (secondary N) is 2. The molecule has 1 aromatic carbocycles. The van der Waals surface area contributed by atoms with Gasteiger partial charge in [-0.1, -0.05) is 24.3 Å². The van der Waals surface area contributed by atoms with Gasteiger partial charge in [0.15, 0.2) is 9.84 Å². The van der Waals surface area contributed by atoms with Gasteiger partial charge in [0.25, 0.3) is 0 Å². The summed E-state index contributed by atoms with van der Waals surface area (Å²) in [6.45, 7) is 1.31. The Hall–Kier alpha value is -1.05. The van der Waals surface area contributed by atoms with Crippen molar-refractivity contribution in [3.05, 3.63) is 35.4 Å². The number of hydrogen-bond donors (Lipinski definition) is 2. The average molecular weight is 342 g/mol. The lowest BCUT2D eigenvalue weighted by Crippen LogP contribution is -2.41. The Morgan fingerprint density at radius 3 is 2.73 bits per heavy atom. The molecule has 0 saturated carbocycles. The van der Waals surface area contributed by atoms with Gasteiger partial charge in [-0.15, -0.1) is 0 Å². The molecule has 2 N–H and O–H groups in total. The van der Waals surface area contributed by atoms with Gasteiger partial charge in [0.2, 0.25) is 5.91 Å². The molecule has 1 atom stereocenters. The molecule has 5 nitrogen and oxygen atoms in total. The highest BCUT2D eigenvalue weighted by Crippen LogP contribution is 2.13. The first kappa shape index (κ1) is 17.3. The quantitative estimate of drug-likeness (QED) is 0.805. The van der Waals surface area contributed by atoms with Gasteiger partial charge < -0.3 is 10.6 Å². The molecule has 22 heavy (non-hydrogen) atoms. The Balaban J connectivity index is 1.89. The van der Waals surface area contributed by atoms with Crippen molar-refractivity contribution >= 4 is 27.5 Å². The van der Waals surface area contributed by atoms with Crippen molar-refractivity contribution in [1.29, 1.82) is 0 Å². The van der Waals surface area contributed by atoms with Crippen LogP contribution in [0.15, 0.2) is 24.3 Å². The first-order chi connectivity index (χ1) is 10.4. The number of hydrogen-bond acceptors (Lipinski definition) is 5. The molecule has 1 unspecified atom stereocenters. The number of amides is 1. The molecule has 1 saturated heterocycles. The van der Waals surface area contributed by atoms with Crippen LogP contribution in [0.4, 0.5) is 0 Å². The van der Waals surface area contributed by atoms with Gasteiger partial charge in [0, 0.05) is 43.3 Å². The summed E-state index contributed by atoms with van der Waals surface area (Å²) in [5, 5.41) is 6.22. The smallest absolute Gasteiger partial charge is 0.221 e. The summed E-state index contributed by atoms with van der Waals surface area (Å²) in [6, 6.07) is 7.55. The van der Waals surface area contributed by atoms with E-state index in [1.807, 2.05) is 30.0 Å². The van der Waals surface area contributed by atoms with E-state index < -0.39 is 9.84 Å². The summed E-state index contributed by atoms with van der Waals surface area (Å²) < 4.78 is 22.9. The van der Waals surface area contributed by atoms with E-state index >= 15 is 0 Å². The Morgan fingerprint density at radius 1 is 1.36 bits per heavy atom. The van der Waals surface area contributed by atoms with Crippen molar-refractivity contribution in [2.45, 2.75) is 24.8 Å². The van der Waals surface area contributed by atoms with Crippen LogP contribution in [0.1, 0.15) is 17.5 Å². The third-order valence-corrected chi connectivity index (χ3v) is 5.41. The molecular formula is C15H22N2O3S2. The number of thioether (sulfide) groups is 1. The summed E-state index contributed by atoms with van der Waals surface area (Å²) in [5.74, 6) is 2.05. The molecule has 0 aromatic heterocycles. The van der Waals surface area contributed by atoms with Crippen molar-refractivity contribution in [2.75, 3.05) is 24.3 Å². The topological polar surface area (TPSA) is 75.3 Å². The van der Waals surface area contributed by atoms with Crippen LogP contribution in [0, 0.1) is 0 Å². The predicted octanol–water partition coefficient (Wildman–Crippen LogP) is 0.943. The molecule has 122 valence electrons. The van der Waals surface area contributed by atoms with Crippen molar-refractivity contribution < 1.29 is 13.2 Å². The third-order valence-electron chi connectivity index (χ3n) is 3.44. The molecule has 0 radical (unpaired) electrons. The van der Waals surface area contributed by atoms with Crippen molar-refractivity contribution in [1.82, 2.24) is 10.6 Å². The van der Waals surface area contributed by atoms with Gasteiger partial charge in [0.1, 0.15) is 0 Å². The molecule has 0 bridgehead atoms. The van der Waals surface area contributed by atoms with Gasteiger partial charge in [-0.25, -0.2) is 8.42 Å². The maximum atomic E-state index is 12.0. The second-order valence-electron chi connectivity index (χ2n) is 5.55. The van der Waals surface area contributed by atoms with Crippen molar-refractivity contribution in [3.8, 4) is 0 Å². The van der Waals surface area contributed by atoms with Crippen LogP contribution in [0.2, 0.25) is 0 Å². The van der Waals surface area contributed by atoms with Crippen LogP contribution in [0.5, 0.6) is 0 Å². The summed E-state index contributed by atoms with van der Waals surface area (Å²) in [5.41, 5.74) is 1.60. The SMILES string of the molecule is CS(=O)(=O)Cc1ccccc1CNC(=O)CC1CSCCN1. The molecule has 0 spiro atoms. The number of benzene rings is 1. The molecule has 7 heteroatoms. The fourth-order valence-corrected chi connectivity index (χ4v) is 4.19. The van der Waals surface area contributed by atoms with Crippen molar-refractivity contribution in [3.63, 3.8) is 0 Å². The molecule has 1 aromatic rings. The molecule has 1 amide bonds. The lowest BCUT2D eigenvalue weighted by atomic mass is 10.1. The van der Waals surface area contributed by atoms with Gasteiger partial charge >= 0.3 is 0 Å². The Bertz CT molecular complexity index is 611. The van der Waals surface area contributed by atoms with Crippen LogP contribution in [-0.2, 0) is 26.9 Å². The van der Waals surface area contributed by atoms with Crippen molar-refractivity contribution in [2.24, 2.45) is 0 Å². The second-order valence-corrected chi connectivity index (χ2v) is 8.84. The molecule has 1 fully saturated rings. The van der Waals surface area contributed by atoms with E-state index in [-0.39, 0.29) is 17.7 Å². The highest BCUT2D eigenvalue weighted by molar-refractivity contribution is 7.99. The largest absolute Gasteiger partial charge is 0.352 e. The summed E-state index contributed by atoms with van der Waals surface area (Å²) in [7, 11) is -3.09.